The van der Waals surface area contributed by atoms with E-state index >= 15 is 0 Å². The number of rotatable bonds is 5. The van der Waals surface area contributed by atoms with Crippen molar-refractivity contribution in [2.24, 2.45) is 5.92 Å². The zero-order valence-corrected chi connectivity index (χ0v) is 10.7. The van der Waals surface area contributed by atoms with Crippen molar-refractivity contribution in [2.75, 3.05) is 6.54 Å². The normalized spacial score (nSPS) is 17.5. The SMILES string of the molecule is CCC(CC)CNC(=O)C1Cc2ccccc21. The molecule has 0 fully saturated rings. The lowest BCUT2D eigenvalue weighted by Crippen LogP contribution is -2.37. The topological polar surface area (TPSA) is 29.1 Å². The Labute approximate surface area is 103 Å². The van der Waals surface area contributed by atoms with Crippen LogP contribution in [0.1, 0.15) is 43.7 Å². The van der Waals surface area contributed by atoms with Crippen LogP contribution in [0.5, 0.6) is 0 Å². The summed E-state index contributed by atoms with van der Waals surface area (Å²) in [6.07, 6.45) is 3.18. The number of carbonyl (C=O) groups excluding carboxylic acids is 1. The van der Waals surface area contributed by atoms with E-state index in [9.17, 15) is 4.79 Å². The first-order chi connectivity index (χ1) is 8.26. The number of amides is 1. The molecule has 1 aliphatic rings. The molecule has 0 saturated heterocycles. The van der Waals surface area contributed by atoms with E-state index in [4.69, 9.17) is 0 Å². The third kappa shape index (κ3) is 2.51. The van der Waals surface area contributed by atoms with Gasteiger partial charge in [-0.1, -0.05) is 51.0 Å². The second-order valence-corrected chi connectivity index (χ2v) is 4.88. The highest BCUT2D eigenvalue weighted by molar-refractivity contribution is 5.86. The molecule has 2 nitrogen and oxygen atoms in total. The van der Waals surface area contributed by atoms with Crippen LogP contribution >= 0.6 is 0 Å². The van der Waals surface area contributed by atoms with E-state index in [1.807, 2.05) is 12.1 Å². The molecule has 0 spiro atoms. The minimum absolute atomic E-state index is 0.0977. The molecule has 17 heavy (non-hydrogen) atoms. The molecule has 0 aromatic heterocycles. The van der Waals surface area contributed by atoms with Crippen LogP contribution in [0.15, 0.2) is 24.3 Å². The molecule has 1 atom stereocenters. The van der Waals surface area contributed by atoms with Crippen LogP contribution in [0.3, 0.4) is 0 Å². The average Bonchev–Trinajstić information content (AvgIpc) is 2.32. The lowest BCUT2D eigenvalue weighted by Gasteiger charge is -2.29. The van der Waals surface area contributed by atoms with Gasteiger partial charge in [-0.25, -0.2) is 0 Å². The molecule has 1 aromatic carbocycles. The molecule has 0 bridgehead atoms. The Balaban J connectivity index is 1.87. The van der Waals surface area contributed by atoms with Gasteiger partial charge in [0.25, 0.3) is 0 Å². The van der Waals surface area contributed by atoms with Crippen LogP contribution in [0, 0.1) is 5.92 Å². The second kappa shape index (κ2) is 5.35. The molecule has 1 aromatic rings. The molecule has 1 aliphatic carbocycles. The molecule has 1 amide bonds. The smallest absolute Gasteiger partial charge is 0.227 e. The first-order valence-electron chi connectivity index (χ1n) is 6.61. The predicted octanol–water partition coefficient (Wildman–Crippen LogP) is 2.88. The predicted molar refractivity (Wildman–Crippen MR) is 70.0 cm³/mol. The van der Waals surface area contributed by atoms with Crippen LogP contribution < -0.4 is 5.32 Å². The van der Waals surface area contributed by atoms with Crippen molar-refractivity contribution < 1.29 is 4.79 Å². The Bertz CT molecular complexity index is 396. The van der Waals surface area contributed by atoms with Gasteiger partial charge in [-0.3, -0.25) is 4.79 Å². The highest BCUT2D eigenvalue weighted by Gasteiger charge is 2.31. The molecule has 0 radical (unpaired) electrons. The van der Waals surface area contributed by atoms with E-state index in [0.29, 0.717) is 5.92 Å². The fourth-order valence-corrected chi connectivity index (χ4v) is 2.44. The fourth-order valence-electron chi connectivity index (χ4n) is 2.44. The fraction of sp³-hybridized carbons (Fsp3) is 0.533. The first kappa shape index (κ1) is 12.2. The number of hydrogen-bond acceptors (Lipinski definition) is 1. The molecule has 2 heteroatoms. The summed E-state index contributed by atoms with van der Waals surface area (Å²) in [6, 6.07) is 8.23. The van der Waals surface area contributed by atoms with Crippen molar-refractivity contribution in [1.82, 2.24) is 5.32 Å². The maximum Gasteiger partial charge on any atom is 0.227 e. The summed E-state index contributed by atoms with van der Waals surface area (Å²) >= 11 is 0. The highest BCUT2D eigenvalue weighted by Crippen LogP contribution is 2.34. The van der Waals surface area contributed by atoms with E-state index < -0.39 is 0 Å². The lowest BCUT2D eigenvalue weighted by molar-refractivity contribution is -0.123. The first-order valence-corrected chi connectivity index (χ1v) is 6.61. The molecule has 92 valence electrons. The summed E-state index contributed by atoms with van der Waals surface area (Å²) in [7, 11) is 0. The van der Waals surface area contributed by atoms with Crippen molar-refractivity contribution in [1.29, 1.82) is 0 Å². The van der Waals surface area contributed by atoms with Crippen molar-refractivity contribution >= 4 is 5.91 Å². The van der Waals surface area contributed by atoms with E-state index in [-0.39, 0.29) is 11.8 Å². The van der Waals surface area contributed by atoms with Gasteiger partial charge in [0.05, 0.1) is 5.92 Å². The van der Waals surface area contributed by atoms with Crippen molar-refractivity contribution in [3.8, 4) is 0 Å². The summed E-state index contributed by atoms with van der Waals surface area (Å²) in [5.41, 5.74) is 2.55. The molecule has 0 saturated carbocycles. The van der Waals surface area contributed by atoms with E-state index in [2.05, 4.69) is 31.3 Å². The van der Waals surface area contributed by atoms with E-state index in [1.54, 1.807) is 0 Å². The number of benzene rings is 1. The van der Waals surface area contributed by atoms with Crippen molar-refractivity contribution in [2.45, 2.75) is 39.0 Å². The van der Waals surface area contributed by atoms with E-state index in [0.717, 1.165) is 25.8 Å². The zero-order chi connectivity index (χ0) is 12.3. The van der Waals surface area contributed by atoms with Gasteiger partial charge in [0.2, 0.25) is 5.91 Å². The minimum Gasteiger partial charge on any atom is -0.355 e. The molecule has 0 aliphatic heterocycles. The second-order valence-electron chi connectivity index (χ2n) is 4.88. The average molecular weight is 231 g/mol. The van der Waals surface area contributed by atoms with Crippen LogP contribution in [0.25, 0.3) is 0 Å². The van der Waals surface area contributed by atoms with Crippen molar-refractivity contribution in [3.05, 3.63) is 35.4 Å². The quantitative estimate of drug-likeness (QED) is 0.829. The third-order valence-electron chi connectivity index (χ3n) is 3.89. The van der Waals surface area contributed by atoms with Gasteiger partial charge in [0.1, 0.15) is 0 Å². The Morgan fingerprint density at radius 2 is 2.06 bits per heavy atom. The van der Waals surface area contributed by atoms with Crippen LogP contribution in [-0.4, -0.2) is 12.5 Å². The van der Waals surface area contributed by atoms with Crippen LogP contribution in [-0.2, 0) is 11.2 Å². The Morgan fingerprint density at radius 3 is 2.71 bits per heavy atom. The number of carbonyl (C=O) groups is 1. The third-order valence-corrected chi connectivity index (χ3v) is 3.89. The molecule has 1 unspecified atom stereocenters. The number of hydrogen-bond donors (Lipinski definition) is 1. The van der Waals surface area contributed by atoms with Gasteiger partial charge in [-0.15, -0.1) is 0 Å². The summed E-state index contributed by atoms with van der Waals surface area (Å²) < 4.78 is 0. The summed E-state index contributed by atoms with van der Waals surface area (Å²) in [4.78, 5) is 12.0. The molecule has 0 heterocycles. The van der Waals surface area contributed by atoms with Gasteiger partial charge in [-0.2, -0.15) is 0 Å². The summed E-state index contributed by atoms with van der Waals surface area (Å²) in [5.74, 6) is 0.922. The summed E-state index contributed by atoms with van der Waals surface area (Å²) in [6.45, 7) is 5.18. The maximum absolute atomic E-state index is 12.0. The minimum atomic E-state index is 0.0977. The largest absolute Gasteiger partial charge is 0.355 e. The lowest BCUT2D eigenvalue weighted by atomic mass is 9.77. The molecule has 2 rings (SSSR count). The monoisotopic (exact) mass is 231 g/mol. The zero-order valence-electron chi connectivity index (χ0n) is 10.7. The van der Waals surface area contributed by atoms with Crippen molar-refractivity contribution in [3.63, 3.8) is 0 Å². The highest BCUT2D eigenvalue weighted by atomic mass is 16.1. The van der Waals surface area contributed by atoms with Crippen LogP contribution in [0.4, 0.5) is 0 Å². The van der Waals surface area contributed by atoms with Gasteiger partial charge < -0.3 is 5.32 Å². The Morgan fingerprint density at radius 1 is 1.35 bits per heavy atom. The molecular weight excluding hydrogens is 210 g/mol. The van der Waals surface area contributed by atoms with Crippen LogP contribution in [0.2, 0.25) is 0 Å². The summed E-state index contributed by atoms with van der Waals surface area (Å²) in [5, 5.41) is 3.09. The number of nitrogens with one attached hydrogen (secondary N) is 1. The standard InChI is InChI=1S/C15H21NO/c1-3-11(4-2)10-16-15(17)14-9-12-7-5-6-8-13(12)14/h5-8,11,14H,3-4,9-10H2,1-2H3,(H,16,17). The van der Waals surface area contributed by atoms with Gasteiger partial charge in [0.15, 0.2) is 0 Å². The van der Waals surface area contributed by atoms with Gasteiger partial charge in [-0.05, 0) is 23.5 Å². The Kier molecular flexibility index (Phi) is 3.82. The molecule has 1 N–H and O–H groups in total. The number of fused-ring (bicyclic) bond motifs is 1. The van der Waals surface area contributed by atoms with Gasteiger partial charge >= 0.3 is 0 Å². The van der Waals surface area contributed by atoms with Gasteiger partial charge in [0, 0.05) is 6.54 Å². The van der Waals surface area contributed by atoms with E-state index in [1.165, 1.54) is 11.1 Å². The maximum atomic E-state index is 12.0. The molecular formula is C15H21NO. The Hall–Kier alpha value is -1.31.